The number of amides is 1. The summed E-state index contributed by atoms with van der Waals surface area (Å²) in [6.07, 6.45) is 0.594. The van der Waals surface area contributed by atoms with E-state index in [4.69, 9.17) is 19.2 Å². The number of aromatic nitrogens is 2. The van der Waals surface area contributed by atoms with E-state index in [0.717, 1.165) is 22.6 Å². The van der Waals surface area contributed by atoms with Gasteiger partial charge in [-0.25, -0.2) is 4.98 Å². The van der Waals surface area contributed by atoms with Crippen molar-refractivity contribution in [2.75, 3.05) is 27.4 Å². The molecule has 0 unspecified atom stereocenters. The number of carbonyl (C=O) groups is 1. The zero-order chi connectivity index (χ0) is 25.5. The van der Waals surface area contributed by atoms with Crippen molar-refractivity contribution in [1.29, 1.82) is 0 Å². The van der Waals surface area contributed by atoms with Gasteiger partial charge in [-0.15, -0.1) is 0 Å². The molecule has 0 radical (unpaired) electrons. The summed E-state index contributed by atoms with van der Waals surface area (Å²) >= 11 is 0. The molecule has 36 heavy (non-hydrogen) atoms. The minimum Gasteiger partial charge on any atom is -0.493 e. The van der Waals surface area contributed by atoms with Crippen LogP contribution in [-0.4, -0.2) is 42.8 Å². The largest absolute Gasteiger partial charge is 0.493 e. The Morgan fingerprint density at radius 2 is 1.72 bits per heavy atom. The Labute approximate surface area is 212 Å². The Morgan fingerprint density at radius 1 is 0.972 bits per heavy atom. The second-order valence-electron chi connectivity index (χ2n) is 8.82. The van der Waals surface area contributed by atoms with Gasteiger partial charge in [-0.1, -0.05) is 38.1 Å². The average Bonchev–Trinajstić information content (AvgIpc) is 3.25. The van der Waals surface area contributed by atoms with Crippen molar-refractivity contribution in [3.05, 3.63) is 83.7 Å². The van der Waals surface area contributed by atoms with Gasteiger partial charge in [-0.05, 0) is 53.9 Å². The first-order valence-electron chi connectivity index (χ1n) is 12.2. The standard InChI is InChI=1S/C29H33N3O4/c1-20(2)21-9-12-23(13-10-21)36-18-17-32-25-8-6-5-7-24(25)31-28(32)15-16-30-29(33)22-11-14-26(34-3)27(19-22)35-4/h5-14,19-20H,15-18H2,1-4H3,(H,30,33). The molecule has 1 N–H and O–H groups in total. The predicted octanol–water partition coefficient (Wildman–Crippen LogP) is 5.23. The van der Waals surface area contributed by atoms with Gasteiger partial charge in [-0.2, -0.15) is 0 Å². The molecular formula is C29H33N3O4. The lowest BCUT2D eigenvalue weighted by Crippen LogP contribution is -2.26. The maximum atomic E-state index is 12.7. The van der Waals surface area contributed by atoms with Crippen LogP contribution in [0.15, 0.2) is 66.7 Å². The lowest BCUT2D eigenvalue weighted by atomic mass is 10.0. The number of ether oxygens (including phenoxy) is 3. The van der Waals surface area contributed by atoms with Crippen LogP contribution in [-0.2, 0) is 13.0 Å². The molecule has 1 heterocycles. The first-order chi connectivity index (χ1) is 17.5. The van der Waals surface area contributed by atoms with Crippen LogP contribution in [0.4, 0.5) is 0 Å². The summed E-state index contributed by atoms with van der Waals surface area (Å²) < 4.78 is 18.7. The third kappa shape index (κ3) is 5.79. The van der Waals surface area contributed by atoms with Crippen molar-refractivity contribution < 1.29 is 19.0 Å². The maximum absolute atomic E-state index is 12.7. The molecule has 0 atom stereocenters. The molecular weight excluding hydrogens is 454 g/mol. The molecule has 0 saturated heterocycles. The van der Waals surface area contributed by atoms with Gasteiger partial charge in [0.05, 0.1) is 31.8 Å². The number of rotatable bonds is 11. The SMILES string of the molecule is COc1ccc(C(=O)NCCc2nc3ccccc3n2CCOc2ccc(C(C)C)cc2)cc1OC. The fourth-order valence-corrected chi connectivity index (χ4v) is 4.14. The van der Waals surface area contributed by atoms with Crippen LogP contribution in [0.3, 0.4) is 0 Å². The Hall–Kier alpha value is -4.00. The number of fused-ring (bicyclic) bond motifs is 1. The number of hydrogen-bond donors (Lipinski definition) is 1. The molecule has 188 valence electrons. The van der Waals surface area contributed by atoms with Crippen LogP contribution in [0, 0.1) is 0 Å². The zero-order valence-electron chi connectivity index (χ0n) is 21.3. The van der Waals surface area contributed by atoms with Gasteiger partial charge in [0.25, 0.3) is 5.91 Å². The maximum Gasteiger partial charge on any atom is 0.251 e. The molecule has 1 amide bonds. The van der Waals surface area contributed by atoms with E-state index >= 15 is 0 Å². The van der Waals surface area contributed by atoms with E-state index in [1.165, 1.54) is 5.56 Å². The second-order valence-corrected chi connectivity index (χ2v) is 8.82. The summed E-state index contributed by atoms with van der Waals surface area (Å²) in [7, 11) is 3.12. The Bertz CT molecular complexity index is 1310. The smallest absolute Gasteiger partial charge is 0.251 e. The molecule has 0 aliphatic heterocycles. The van der Waals surface area contributed by atoms with Crippen LogP contribution >= 0.6 is 0 Å². The topological polar surface area (TPSA) is 74.6 Å². The Balaban J connectivity index is 1.40. The Morgan fingerprint density at radius 3 is 2.44 bits per heavy atom. The highest BCUT2D eigenvalue weighted by atomic mass is 16.5. The van der Waals surface area contributed by atoms with E-state index in [2.05, 4.69) is 41.9 Å². The van der Waals surface area contributed by atoms with Gasteiger partial charge >= 0.3 is 0 Å². The van der Waals surface area contributed by atoms with Gasteiger partial charge < -0.3 is 24.1 Å². The zero-order valence-corrected chi connectivity index (χ0v) is 21.3. The van der Waals surface area contributed by atoms with Crippen molar-refractivity contribution >= 4 is 16.9 Å². The number of nitrogens with one attached hydrogen (secondary N) is 1. The molecule has 1 aromatic heterocycles. The first-order valence-corrected chi connectivity index (χ1v) is 12.2. The first kappa shape index (κ1) is 25.1. The van der Waals surface area contributed by atoms with Crippen molar-refractivity contribution in [1.82, 2.24) is 14.9 Å². The number of hydrogen-bond acceptors (Lipinski definition) is 5. The van der Waals surface area contributed by atoms with Crippen molar-refractivity contribution in [3.63, 3.8) is 0 Å². The molecule has 0 fully saturated rings. The molecule has 4 aromatic rings. The number of benzene rings is 3. The van der Waals surface area contributed by atoms with Gasteiger partial charge in [0.2, 0.25) is 0 Å². The molecule has 0 bridgehead atoms. The lowest BCUT2D eigenvalue weighted by molar-refractivity contribution is 0.0953. The number of nitrogens with zero attached hydrogens (tertiary/aromatic N) is 2. The highest BCUT2D eigenvalue weighted by molar-refractivity contribution is 5.94. The summed E-state index contributed by atoms with van der Waals surface area (Å²) in [5, 5.41) is 2.98. The number of methoxy groups -OCH3 is 2. The number of para-hydroxylation sites is 2. The van der Waals surface area contributed by atoms with Gasteiger partial charge in [0, 0.05) is 18.5 Å². The monoisotopic (exact) mass is 487 g/mol. The van der Waals surface area contributed by atoms with Gasteiger partial charge in [-0.3, -0.25) is 4.79 Å². The quantitative estimate of drug-likeness (QED) is 0.314. The lowest BCUT2D eigenvalue weighted by Gasteiger charge is -2.13. The fraction of sp³-hybridized carbons (Fsp3) is 0.310. The van der Waals surface area contributed by atoms with Gasteiger partial charge in [0.15, 0.2) is 11.5 Å². The van der Waals surface area contributed by atoms with E-state index in [1.807, 2.05) is 30.3 Å². The molecule has 7 heteroatoms. The number of carbonyl (C=O) groups excluding carboxylic acids is 1. The predicted molar refractivity (Wildman–Crippen MR) is 141 cm³/mol. The van der Waals surface area contributed by atoms with Crippen LogP contribution < -0.4 is 19.5 Å². The summed E-state index contributed by atoms with van der Waals surface area (Å²) in [4.78, 5) is 17.5. The normalized spacial score (nSPS) is 11.0. The minimum absolute atomic E-state index is 0.174. The van der Waals surface area contributed by atoms with Crippen molar-refractivity contribution in [3.8, 4) is 17.2 Å². The van der Waals surface area contributed by atoms with E-state index in [1.54, 1.807) is 32.4 Å². The average molecular weight is 488 g/mol. The van der Waals surface area contributed by atoms with Crippen molar-refractivity contribution in [2.45, 2.75) is 32.7 Å². The molecule has 0 aliphatic carbocycles. The summed E-state index contributed by atoms with van der Waals surface area (Å²) in [6, 6.07) is 21.4. The summed E-state index contributed by atoms with van der Waals surface area (Å²) in [5.41, 5.74) is 3.79. The Kier molecular flexibility index (Phi) is 8.10. The van der Waals surface area contributed by atoms with Crippen molar-refractivity contribution in [2.24, 2.45) is 0 Å². The van der Waals surface area contributed by atoms with E-state index in [0.29, 0.717) is 49.1 Å². The van der Waals surface area contributed by atoms with Gasteiger partial charge in [0.1, 0.15) is 18.2 Å². The summed E-state index contributed by atoms with van der Waals surface area (Å²) in [6.45, 7) is 5.99. The van der Waals surface area contributed by atoms with Crippen LogP contribution in [0.5, 0.6) is 17.2 Å². The van der Waals surface area contributed by atoms with E-state index in [9.17, 15) is 4.79 Å². The highest BCUT2D eigenvalue weighted by Crippen LogP contribution is 2.27. The van der Waals surface area contributed by atoms with E-state index in [-0.39, 0.29) is 5.91 Å². The van der Waals surface area contributed by atoms with Crippen LogP contribution in [0.1, 0.15) is 41.5 Å². The third-order valence-corrected chi connectivity index (χ3v) is 6.14. The fourth-order valence-electron chi connectivity index (χ4n) is 4.14. The minimum atomic E-state index is -0.174. The number of imidazole rings is 1. The molecule has 0 aliphatic rings. The third-order valence-electron chi connectivity index (χ3n) is 6.14. The molecule has 4 rings (SSSR count). The van der Waals surface area contributed by atoms with E-state index < -0.39 is 0 Å². The molecule has 0 saturated carbocycles. The molecule has 7 nitrogen and oxygen atoms in total. The van der Waals surface area contributed by atoms with Crippen LogP contribution in [0.25, 0.3) is 11.0 Å². The molecule has 3 aromatic carbocycles. The summed E-state index contributed by atoms with van der Waals surface area (Å²) in [5.74, 6) is 3.18. The second kappa shape index (κ2) is 11.6. The van der Waals surface area contributed by atoms with Crippen LogP contribution in [0.2, 0.25) is 0 Å². The molecule has 0 spiro atoms. The highest BCUT2D eigenvalue weighted by Gasteiger charge is 2.13.